The minimum Gasteiger partial charge on any atom is -0.372 e. The van der Waals surface area contributed by atoms with Gasteiger partial charge in [-0.1, -0.05) is 6.92 Å². The van der Waals surface area contributed by atoms with Gasteiger partial charge in [0.2, 0.25) is 5.41 Å². The Bertz CT molecular complexity index is 144. The molecule has 0 fully saturated rings. The standard InChI is InChI=1S/C7H16O4Si/c1-5-7(8)12(9-3,10-4)11-6-2/h5-6H2,1-4H3. The van der Waals surface area contributed by atoms with Crippen molar-refractivity contribution in [3.63, 3.8) is 0 Å². The van der Waals surface area contributed by atoms with Gasteiger partial charge in [0, 0.05) is 27.2 Å². The van der Waals surface area contributed by atoms with E-state index in [9.17, 15) is 4.79 Å². The first kappa shape index (κ1) is 11.8. The molecule has 5 heteroatoms. The van der Waals surface area contributed by atoms with Gasteiger partial charge in [0.15, 0.2) is 0 Å². The van der Waals surface area contributed by atoms with E-state index in [0.717, 1.165) is 0 Å². The van der Waals surface area contributed by atoms with Crippen molar-refractivity contribution in [2.45, 2.75) is 20.3 Å². The van der Waals surface area contributed by atoms with Crippen molar-refractivity contribution in [3.8, 4) is 0 Å². The lowest BCUT2D eigenvalue weighted by molar-refractivity contribution is -0.118. The summed E-state index contributed by atoms with van der Waals surface area (Å²) in [6.45, 7) is 4.00. The van der Waals surface area contributed by atoms with Crippen LogP contribution in [0.1, 0.15) is 20.3 Å². The molecule has 0 aromatic rings. The molecule has 0 atom stereocenters. The molecule has 0 aliphatic heterocycles. The Morgan fingerprint density at radius 1 is 1.25 bits per heavy atom. The van der Waals surface area contributed by atoms with Crippen LogP contribution in [0.25, 0.3) is 0 Å². The summed E-state index contributed by atoms with van der Waals surface area (Å²) in [7, 11) is -0.0989. The molecule has 0 saturated heterocycles. The molecule has 0 unspecified atom stereocenters. The highest BCUT2D eigenvalue weighted by molar-refractivity contribution is 6.92. The van der Waals surface area contributed by atoms with Crippen LogP contribution in [-0.4, -0.2) is 35.0 Å². The van der Waals surface area contributed by atoms with Gasteiger partial charge in [-0.05, 0) is 6.92 Å². The smallest absolute Gasteiger partial charge is 0.372 e. The molecule has 0 aromatic heterocycles. The van der Waals surface area contributed by atoms with Crippen molar-refractivity contribution < 1.29 is 18.1 Å². The van der Waals surface area contributed by atoms with E-state index in [1.807, 2.05) is 6.92 Å². The highest BCUT2D eigenvalue weighted by Crippen LogP contribution is 2.10. The van der Waals surface area contributed by atoms with Gasteiger partial charge < -0.3 is 13.3 Å². The molecule has 0 radical (unpaired) electrons. The fraction of sp³-hybridized carbons (Fsp3) is 0.857. The Morgan fingerprint density at radius 3 is 2.00 bits per heavy atom. The fourth-order valence-corrected chi connectivity index (χ4v) is 2.75. The van der Waals surface area contributed by atoms with Crippen LogP contribution in [0, 0.1) is 0 Å². The fourth-order valence-electron chi connectivity index (χ4n) is 0.916. The van der Waals surface area contributed by atoms with Gasteiger partial charge in [-0.15, -0.1) is 0 Å². The Balaban J connectivity index is 4.44. The molecule has 0 heterocycles. The average Bonchev–Trinajstić information content (AvgIpc) is 2.13. The number of carbonyl (C=O) groups is 1. The molecule has 0 aliphatic carbocycles. The highest BCUT2D eigenvalue weighted by Gasteiger charge is 2.46. The third-order valence-corrected chi connectivity index (χ3v) is 4.31. The summed E-state index contributed by atoms with van der Waals surface area (Å²) in [4.78, 5) is 11.4. The second-order valence-electron chi connectivity index (χ2n) is 2.17. The van der Waals surface area contributed by atoms with Crippen molar-refractivity contribution in [2.24, 2.45) is 0 Å². The van der Waals surface area contributed by atoms with Crippen LogP contribution >= 0.6 is 0 Å². The predicted molar refractivity (Wildman–Crippen MR) is 46.7 cm³/mol. The molecular formula is C7H16O4Si. The summed E-state index contributed by atoms with van der Waals surface area (Å²) in [6, 6.07) is 0. The number of hydrogen-bond acceptors (Lipinski definition) is 4. The lowest BCUT2D eigenvalue weighted by Gasteiger charge is -2.23. The second-order valence-corrected chi connectivity index (χ2v) is 4.95. The molecule has 0 bridgehead atoms. The van der Waals surface area contributed by atoms with Crippen LogP contribution in [0.3, 0.4) is 0 Å². The highest BCUT2D eigenvalue weighted by atomic mass is 28.4. The van der Waals surface area contributed by atoms with Crippen LogP contribution in [0.4, 0.5) is 0 Å². The zero-order chi connectivity index (χ0) is 9.61. The van der Waals surface area contributed by atoms with Crippen LogP contribution in [-0.2, 0) is 18.1 Å². The predicted octanol–water partition coefficient (Wildman–Crippen LogP) is 0.773. The maximum atomic E-state index is 11.4. The first-order chi connectivity index (χ1) is 5.66. The summed E-state index contributed by atoms with van der Waals surface area (Å²) >= 11 is 0. The van der Waals surface area contributed by atoms with E-state index >= 15 is 0 Å². The van der Waals surface area contributed by atoms with E-state index in [1.54, 1.807) is 6.92 Å². The summed E-state index contributed by atoms with van der Waals surface area (Å²) in [5, 5.41) is -0.0747. The summed E-state index contributed by atoms with van der Waals surface area (Å²) in [5.41, 5.74) is 0. The van der Waals surface area contributed by atoms with E-state index in [2.05, 4.69) is 0 Å². The Morgan fingerprint density at radius 2 is 1.75 bits per heavy atom. The van der Waals surface area contributed by atoms with E-state index in [0.29, 0.717) is 13.0 Å². The average molecular weight is 192 g/mol. The van der Waals surface area contributed by atoms with E-state index < -0.39 is 8.80 Å². The number of carbonyl (C=O) groups excluding carboxylic acids is 1. The number of hydrogen-bond donors (Lipinski definition) is 0. The molecule has 0 aromatic carbocycles. The van der Waals surface area contributed by atoms with Crippen molar-refractivity contribution in [2.75, 3.05) is 20.8 Å². The maximum Gasteiger partial charge on any atom is 0.574 e. The van der Waals surface area contributed by atoms with Gasteiger partial charge in [-0.3, -0.25) is 4.79 Å². The first-order valence-corrected chi connectivity index (χ1v) is 5.66. The largest absolute Gasteiger partial charge is 0.574 e. The van der Waals surface area contributed by atoms with Gasteiger partial charge in [-0.25, -0.2) is 0 Å². The Labute approximate surface area is 74.2 Å². The zero-order valence-corrected chi connectivity index (χ0v) is 9.05. The van der Waals surface area contributed by atoms with E-state index in [4.69, 9.17) is 13.3 Å². The van der Waals surface area contributed by atoms with Crippen molar-refractivity contribution in [3.05, 3.63) is 0 Å². The van der Waals surface area contributed by atoms with E-state index in [1.165, 1.54) is 14.2 Å². The molecule has 4 nitrogen and oxygen atoms in total. The third-order valence-electron chi connectivity index (χ3n) is 1.53. The molecule has 0 rings (SSSR count). The van der Waals surface area contributed by atoms with Crippen LogP contribution in [0.2, 0.25) is 0 Å². The summed E-state index contributed by atoms with van der Waals surface area (Å²) < 4.78 is 15.3. The minimum absolute atomic E-state index is 0.0747. The summed E-state index contributed by atoms with van der Waals surface area (Å²) in [5.74, 6) is 0. The van der Waals surface area contributed by atoms with Gasteiger partial charge in [0.05, 0.1) is 0 Å². The Kier molecular flexibility index (Phi) is 5.31. The van der Waals surface area contributed by atoms with Gasteiger partial charge >= 0.3 is 8.80 Å². The molecule has 0 N–H and O–H groups in total. The van der Waals surface area contributed by atoms with E-state index in [-0.39, 0.29) is 5.41 Å². The van der Waals surface area contributed by atoms with Gasteiger partial charge in [0.1, 0.15) is 0 Å². The van der Waals surface area contributed by atoms with Crippen molar-refractivity contribution in [1.82, 2.24) is 0 Å². The lowest BCUT2D eigenvalue weighted by Crippen LogP contribution is -2.52. The molecule has 0 spiro atoms. The molecule has 0 amide bonds. The van der Waals surface area contributed by atoms with Gasteiger partial charge in [-0.2, -0.15) is 0 Å². The topological polar surface area (TPSA) is 44.8 Å². The third kappa shape index (κ3) is 2.38. The molecule has 72 valence electrons. The second kappa shape index (κ2) is 5.42. The number of rotatable bonds is 6. The quantitative estimate of drug-likeness (QED) is 0.583. The molecule has 0 saturated carbocycles. The van der Waals surface area contributed by atoms with Crippen LogP contribution in [0.5, 0.6) is 0 Å². The SMILES string of the molecule is CCO[Si](OC)(OC)C(=O)CC. The maximum absolute atomic E-state index is 11.4. The molecule has 0 aliphatic rings. The minimum atomic E-state index is -2.99. The van der Waals surface area contributed by atoms with Crippen molar-refractivity contribution in [1.29, 1.82) is 0 Å². The van der Waals surface area contributed by atoms with Crippen LogP contribution in [0.15, 0.2) is 0 Å². The lowest BCUT2D eigenvalue weighted by atomic mass is 10.6. The van der Waals surface area contributed by atoms with Crippen molar-refractivity contribution >= 4 is 14.2 Å². The van der Waals surface area contributed by atoms with Crippen LogP contribution < -0.4 is 0 Å². The Hall–Kier alpha value is -0.233. The normalized spacial score (nSPS) is 11.7. The molecular weight excluding hydrogens is 176 g/mol. The van der Waals surface area contributed by atoms with Gasteiger partial charge in [0.25, 0.3) is 0 Å². The monoisotopic (exact) mass is 192 g/mol. The zero-order valence-electron chi connectivity index (χ0n) is 8.05. The summed E-state index contributed by atoms with van der Waals surface area (Å²) in [6.07, 6.45) is 0.383. The first-order valence-electron chi connectivity index (χ1n) is 3.94. The molecule has 12 heavy (non-hydrogen) atoms.